The smallest absolute Gasteiger partial charge is 0.255 e. The first-order valence-electron chi connectivity index (χ1n) is 16.2. The van der Waals surface area contributed by atoms with Crippen LogP contribution in [0.3, 0.4) is 0 Å². The van der Waals surface area contributed by atoms with Crippen LogP contribution in [0.25, 0.3) is 11.3 Å². The van der Waals surface area contributed by atoms with Gasteiger partial charge in [-0.05, 0) is 83.0 Å². The number of nitrogens with one attached hydrogen (secondary N) is 2. The number of rotatable bonds is 9. The maximum absolute atomic E-state index is 13.6. The summed E-state index contributed by atoms with van der Waals surface area (Å²) in [6.45, 7) is 7.41. The third-order valence-electron chi connectivity index (χ3n) is 9.51. The lowest BCUT2D eigenvalue weighted by atomic mass is 10.0. The van der Waals surface area contributed by atoms with Crippen LogP contribution in [0.4, 0.5) is 11.8 Å². The first-order chi connectivity index (χ1) is 22.2. The number of hydrogen-bond acceptors (Lipinski definition) is 9. The zero-order valence-electron chi connectivity index (χ0n) is 27.0. The van der Waals surface area contributed by atoms with Gasteiger partial charge in [-0.2, -0.15) is 0 Å². The fourth-order valence-corrected chi connectivity index (χ4v) is 6.69. The molecule has 244 valence electrons. The van der Waals surface area contributed by atoms with Gasteiger partial charge in [-0.15, -0.1) is 0 Å². The molecule has 11 nitrogen and oxygen atoms in total. The number of hydrogen-bond donors (Lipinski definition) is 2. The number of carbonyl (C=O) groups is 2. The summed E-state index contributed by atoms with van der Waals surface area (Å²) < 4.78 is 5.45. The van der Waals surface area contributed by atoms with E-state index in [0.717, 1.165) is 61.3 Å². The molecule has 12 heteroatoms. The van der Waals surface area contributed by atoms with Crippen molar-refractivity contribution < 1.29 is 14.3 Å². The molecule has 3 aliphatic heterocycles. The van der Waals surface area contributed by atoms with Crippen molar-refractivity contribution in [1.29, 1.82) is 0 Å². The predicted octanol–water partition coefficient (Wildman–Crippen LogP) is 4.54. The summed E-state index contributed by atoms with van der Waals surface area (Å²) in [6.07, 6.45) is 7.35. The number of carbonyl (C=O) groups excluding carboxylic acids is 2. The number of pyridine rings is 1. The number of benzene rings is 1. The normalized spacial score (nSPS) is 18.9. The molecule has 0 aliphatic carbocycles. The minimum Gasteiger partial charge on any atom is -0.381 e. The number of fused-ring (bicyclic) bond motifs is 1. The highest BCUT2D eigenvalue weighted by molar-refractivity contribution is 6.33. The van der Waals surface area contributed by atoms with Gasteiger partial charge in [-0.25, -0.2) is 15.0 Å². The van der Waals surface area contributed by atoms with Crippen LogP contribution in [0.5, 0.6) is 0 Å². The van der Waals surface area contributed by atoms with E-state index in [9.17, 15) is 9.59 Å². The number of nitrogens with zero attached hydrogens (tertiary/aromatic N) is 6. The van der Waals surface area contributed by atoms with Crippen molar-refractivity contribution >= 4 is 35.2 Å². The molecule has 5 heterocycles. The van der Waals surface area contributed by atoms with Gasteiger partial charge in [0, 0.05) is 62.3 Å². The maximum atomic E-state index is 13.6. The Balaban J connectivity index is 1.10. The molecular weight excluding hydrogens is 604 g/mol. The predicted molar refractivity (Wildman–Crippen MR) is 179 cm³/mol. The van der Waals surface area contributed by atoms with Gasteiger partial charge in [-0.3, -0.25) is 9.59 Å². The average Bonchev–Trinajstić information content (AvgIpc) is 3.41. The number of amides is 2. The SMILES string of the molecule is C[C@H](NC(=O)[C@@H](C)N1Cc2ccc(-c3nc(NC4CCOCC4)ncc3Cl)cc2C1=O)c1ccnc(N2CCC(N(C)C)CC2)c1. The lowest BCUT2D eigenvalue weighted by molar-refractivity contribution is -0.125. The zero-order valence-corrected chi connectivity index (χ0v) is 27.8. The lowest BCUT2D eigenvalue weighted by Gasteiger charge is -2.36. The maximum Gasteiger partial charge on any atom is 0.255 e. The van der Waals surface area contributed by atoms with E-state index in [0.29, 0.717) is 48.0 Å². The lowest BCUT2D eigenvalue weighted by Crippen LogP contribution is -2.45. The van der Waals surface area contributed by atoms with E-state index < -0.39 is 6.04 Å². The van der Waals surface area contributed by atoms with Crippen molar-refractivity contribution in [3.63, 3.8) is 0 Å². The monoisotopic (exact) mass is 646 g/mol. The van der Waals surface area contributed by atoms with Crippen LogP contribution in [0.1, 0.15) is 67.1 Å². The molecule has 0 unspecified atom stereocenters. The van der Waals surface area contributed by atoms with E-state index >= 15 is 0 Å². The van der Waals surface area contributed by atoms with Crippen LogP contribution in [-0.2, 0) is 16.1 Å². The summed E-state index contributed by atoms with van der Waals surface area (Å²) in [7, 11) is 4.27. The van der Waals surface area contributed by atoms with Crippen LogP contribution in [0.15, 0.2) is 42.7 Å². The largest absolute Gasteiger partial charge is 0.381 e. The Bertz CT molecular complexity index is 1570. The summed E-state index contributed by atoms with van der Waals surface area (Å²) in [4.78, 5) is 46.9. The molecule has 46 heavy (non-hydrogen) atoms. The molecule has 2 saturated heterocycles. The number of piperidine rings is 1. The fourth-order valence-electron chi connectivity index (χ4n) is 6.49. The second-order valence-electron chi connectivity index (χ2n) is 12.8. The molecule has 3 aromatic rings. The Morgan fingerprint density at radius 1 is 1.07 bits per heavy atom. The van der Waals surface area contributed by atoms with E-state index in [4.69, 9.17) is 16.3 Å². The van der Waals surface area contributed by atoms with E-state index in [1.165, 1.54) is 0 Å². The summed E-state index contributed by atoms with van der Waals surface area (Å²) >= 11 is 6.52. The van der Waals surface area contributed by atoms with Crippen LogP contribution in [0, 0.1) is 0 Å². The van der Waals surface area contributed by atoms with Gasteiger partial charge in [0.05, 0.1) is 23.0 Å². The Morgan fingerprint density at radius 2 is 1.83 bits per heavy atom. The van der Waals surface area contributed by atoms with Gasteiger partial charge >= 0.3 is 0 Å². The first kappa shape index (κ1) is 32.2. The Kier molecular flexibility index (Phi) is 9.72. The van der Waals surface area contributed by atoms with E-state index in [1.54, 1.807) is 24.2 Å². The second-order valence-corrected chi connectivity index (χ2v) is 13.2. The molecule has 2 atom stereocenters. The van der Waals surface area contributed by atoms with Crippen LogP contribution in [-0.4, -0.2) is 95.1 Å². The Hall–Kier alpha value is -3.80. The summed E-state index contributed by atoms with van der Waals surface area (Å²) in [5.41, 5.74) is 3.67. The van der Waals surface area contributed by atoms with Gasteiger partial charge in [0.15, 0.2) is 0 Å². The van der Waals surface area contributed by atoms with Crippen molar-refractivity contribution in [2.75, 3.05) is 50.6 Å². The summed E-state index contributed by atoms with van der Waals surface area (Å²) in [5, 5.41) is 6.90. The van der Waals surface area contributed by atoms with Gasteiger partial charge in [0.25, 0.3) is 5.91 Å². The van der Waals surface area contributed by atoms with Gasteiger partial charge < -0.3 is 30.1 Å². The van der Waals surface area contributed by atoms with Crippen molar-refractivity contribution in [1.82, 2.24) is 30.1 Å². The quantitative estimate of drug-likeness (QED) is 0.346. The molecule has 0 bridgehead atoms. The molecule has 1 aromatic carbocycles. The Morgan fingerprint density at radius 3 is 2.57 bits per heavy atom. The number of halogens is 1. The van der Waals surface area contributed by atoms with Crippen molar-refractivity contribution in [2.45, 2.75) is 70.2 Å². The third-order valence-corrected chi connectivity index (χ3v) is 9.78. The van der Waals surface area contributed by atoms with Gasteiger partial charge in [0.2, 0.25) is 11.9 Å². The molecule has 0 radical (unpaired) electrons. The number of anilines is 2. The van der Waals surface area contributed by atoms with E-state index in [-0.39, 0.29) is 23.9 Å². The third kappa shape index (κ3) is 6.96. The second kappa shape index (κ2) is 13.9. The fraction of sp³-hybridized carbons (Fsp3) is 0.500. The Labute approximate surface area is 275 Å². The minimum atomic E-state index is -0.657. The molecule has 2 N–H and O–H groups in total. The van der Waals surface area contributed by atoms with Crippen LogP contribution >= 0.6 is 11.6 Å². The molecule has 2 fully saturated rings. The first-order valence-corrected chi connectivity index (χ1v) is 16.5. The molecule has 0 spiro atoms. The van der Waals surface area contributed by atoms with Crippen molar-refractivity contribution in [2.24, 2.45) is 0 Å². The zero-order chi connectivity index (χ0) is 32.4. The van der Waals surface area contributed by atoms with Crippen molar-refractivity contribution in [3.05, 3.63) is 64.4 Å². The molecule has 3 aliphatic rings. The molecular formula is C34H43ClN8O3. The molecule has 0 saturated carbocycles. The van der Waals surface area contributed by atoms with E-state index in [2.05, 4.69) is 55.5 Å². The van der Waals surface area contributed by atoms with Crippen LogP contribution < -0.4 is 15.5 Å². The number of ether oxygens (including phenoxy) is 1. The highest BCUT2D eigenvalue weighted by Gasteiger charge is 2.35. The van der Waals surface area contributed by atoms with Crippen LogP contribution in [0.2, 0.25) is 5.02 Å². The van der Waals surface area contributed by atoms with Gasteiger partial charge in [0.1, 0.15) is 11.9 Å². The minimum absolute atomic E-state index is 0.190. The summed E-state index contributed by atoms with van der Waals surface area (Å²) in [5.74, 6) is 1.03. The topological polar surface area (TPSA) is 116 Å². The highest BCUT2D eigenvalue weighted by atomic mass is 35.5. The summed E-state index contributed by atoms with van der Waals surface area (Å²) in [6, 6.07) is 9.57. The average molecular weight is 647 g/mol. The van der Waals surface area contributed by atoms with E-state index in [1.807, 2.05) is 31.2 Å². The van der Waals surface area contributed by atoms with Crippen molar-refractivity contribution in [3.8, 4) is 11.3 Å². The number of aromatic nitrogens is 3. The van der Waals surface area contributed by atoms with Gasteiger partial charge in [-0.1, -0.05) is 23.7 Å². The molecule has 6 rings (SSSR count). The molecule has 2 aromatic heterocycles. The molecule has 2 amide bonds. The standard InChI is InChI=1S/C34H43ClN8O3/c1-21(23-7-12-36-30(18-23)42-13-8-27(9-14-42)41(3)4)38-32(44)22(2)43-20-25-6-5-24(17-28(25)33(43)45)31-29(35)19-37-34(40-31)39-26-10-15-46-16-11-26/h5-7,12,17-19,21-22,26-27H,8-11,13-16,20H2,1-4H3,(H,38,44)(H,37,39,40)/t21-,22+/m0/s1. The highest BCUT2D eigenvalue weighted by Crippen LogP contribution is 2.33.